The number of nitrogens with one attached hydrogen (secondary N) is 1. The minimum absolute atomic E-state index is 0.0341. The van der Waals surface area contributed by atoms with E-state index in [9.17, 15) is 4.79 Å². The van der Waals surface area contributed by atoms with Crippen LogP contribution in [0.15, 0.2) is 36.5 Å². The molecule has 2 rings (SSSR count). The summed E-state index contributed by atoms with van der Waals surface area (Å²) < 4.78 is 0. The Balaban J connectivity index is 2.27. The van der Waals surface area contributed by atoms with Crippen LogP contribution in [0.3, 0.4) is 0 Å². The number of hydrogen-bond donors (Lipinski definition) is 1. The van der Waals surface area contributed by atoms with E-state index in [2.05, 4.69) is 10.3 Å². The van der Waals surface area contributed by atoms with Gasteiger partial charge in [0.25, 0.3) is 0 Å². The maximum Gasteiger partial charge on any atom is 0.238 e. The number of nitrogens with zero attached hydrogens (tertiary/aromatic N) is 2. The minimum Gasteiger partial charge on any atom is -0.323 e. The first-order valence-corrected chi connectivity index (χ1v) is 5.45. The molecule has 1 heterocycles. The summed E-state index contributed by atoms with van der Waals surface area (Å²) in [5, 5.41) is 3.90. The highest BCUT2D eigenvalue weighted by atomic mass is 16.2. The molecule has 4 heteroatoms. The summed E-state index contributed by atoms with van der Waals surface area (Å²) in [6.07, 6.45) is 1.73. The molecule has 0 spiro atoms. The predicted octanol–water partition coefficient (Wildman–Crippen LogP) is 1.73. The van der Waals surface area contributed by atoms with Crippen molar-refractivity contribution < 1.29 is 4.79 Å². The first-order chi connectivity index (χ1) is 8.16. The topological polar surface area (TPSA) is 45.2 Å². The molecule has 2 aromatic rings. The van der Waals surface area contributed by atoms with Gasteiger partial charge < -0.3 is 10.2 Å². The zero-order chi connectivity index (χ0) is 12.3. The molecule has 4 nitrogen and oxygen atoms in total. The summed E-state index contributed by atoms with van der Waals surface area (Å²) in [5.74, 6) is -0.0341. The SMILES string of the molecule is CN(C)CC(=O)Nc1cccc2cccnc12. The Labute approximate surface area is 100 Å². The lowest BCUT2D eigenvalue weighted by Crippen LogP contribution is -2.27. The first kappa shape index (κ1) is 11.5. The third kappa shape index (κ3) is 2.79. The number of aromatic nitrogens is 1. The maximum absolute atomic E-state index is 11.7. The maximum atomic E-state index is 11.7. The number of carbonyl (C=O) groups excluding carboxylic acids is 1. The van der Waals surface area contributed by atoms with Gasteiger partial charge in [0, 0.05) is 11.6 Å². The van der Waals surface area contributed by atoms with Crippen LogP contribution in [-0.4, -0.2) is 36.4 Å². The second kappa shape index (κ2) is 4.93. The molecule has 0 radical (unpaired) electrons. The molecule has 0 fully saturated rings. The van der Waals surface area contributed by atoms with E-state index in [1.165, 1.54) is 0 Å². The number of rotatable bonds is 3. The Morgan fingerprint density at radius 2 is 2.06 bits per heavy atom. The van der Waals surface area contributed by atoms with E-state index in [0.717, 1.165) is 16.6 Å². The van der Waals surface area contributed by atoms with Gasteiger partial charge in [0.1, 0.15) is 0 Å². The Morgan fingerprint density at radius 1 is 1.29 bits per heavy atom. The second-order valence-electron chi connectivity index (χ2n) is 4.17. The zero-order valence-electron chi connectivity index (χ0n) is 9.97. The summed E-state index contributed by atoms with van der Waals surface area (Å²) in [6.45, 7) is 0.364. The molecule has 0 aliphatic rings. The Kier molecular flexibility index (Phi) is 3.35. The first-order valence-electron chi connectivity index (χ1n) is 5.45. The average Bonchev–Trinajstić information content (AvgIpc) is 2.28. The number of carbonyl (C=O) groups is 1. The van der Waals surface area contributed by atoms with Crippen molar-refractivity contribution >= 4 is 22.5 Å². The quantitative estimate of drug-likeness (QED) is 0.871. The van der Waals surface area contributed by atoms with E-state index < -0.39 is 0 Å². The number of amides is 1. The fraction of sp³-hybridized carbons (Fsp3) is 0.231. The van der Waals surface area contributed by atoms with E-state index in [1.807, 2.05) is 49.3 Å². The summed E-state index contributed by atoms with van der Waals surface area (Å²) in [4.78, 5) is 17.8. The van der Waals surface area contributed by atoms with Crippen molar-refractivity contribution in [2.24, 2.45) is 0 Å². The van der Waals surface area contributed by atoms with Crippen molar-refractivity contribution in [2.45, 2.75) is 0 Å². The molecule has 0 saturated carbocycles. The van der Waals surface area contributed by atoms with Crippen molar-refractivity contribution in [2.75, 3.05) is 26.0 Å². The number of pyridine rings is 1. The summed E-state index contributed by atoms with van der Waals surface area (Å²) >= 11 is 0. The van der Waals surface area contributed by atoms with Gasteiger partial charge in [0.05, 0.1) is 17.7 Å². The smallest absolute Gasteiger partial charge is 0.238 e. The van der Waals surface area contributed by atoms with Crippen molar-refractivity contribution in [1.82, 2.24) is 9.88 Å². The average molecular weight is 229 g/mol. The Morgan fingerprint density at radius 3 is 2.82 bits per heavy atom. The van der Waals surface area contributed by atoms with Crippen LogP contribution < -0.4 is 5.32 Å². The van der Waals surface area contributed by atoms with Gasteiger partial charge in [-0.05, 0) is 26.2 Å². The van der Waals surface area contributed by atoms with Gasteiger partial charge in [-0.3, -0.25) is 9.78 Å². The zero-order valence-corrected chi connectivity index (χ0v) is 9.97. The molecule has 0 saturated heterocycles. The molecule has 0 unspecified atom stereocenters. The molecule has 0 atom stereocenters. The van der Waals surface area contributed by atoms with E-state index in [4.69, 9.17) is 0 Å². The molecule has 1 N–H and O–H groups in total. The van der Waals surface area contributed by atoms with Crippen LogP contribution in [0.4, 0.5) is 5.69 Å². The molecular formula is C13H15N3O. The van der Waals surface area contributed by atoms with Crippen molar-refractivity contribution in [3.8, 4) is 0 Å². The normalized spacial score (nSPS) is 10.8. The lowest BCUT2D eigenvalue weighted by molar-refractivity contribution is -0.116. The van der Waals surface area contributed by atoms with Crippen LogP contribution in [0, 0.1) is 0 Å². The summed E-state index contributed by atoms with van der Waals surface area (Å²) in [6, 6.07) is 9.61. The molecule has 88 valence electrons. The van der Waals surface area contributed by atoms with E-state index >= 15 is 0 Å². The van der Waals surface area contributed by atoms with Crippen molar-refractivity contribution in [3.05, 3.63) is 36.5 Å². The number of fused-ring (bicyclic) bond motifs is 1. The minimum atomic E-state index is -0.0341. The van der Waals surface area contributed by atoms with Gasteiger partial charge in [0.2, 0.25) is 5.91 Å². The molecule has 0 bridgehead atoms. The molecule has 0 aliphatic carbocycles. The highest BCUT2D eigenvalue weighted by Gasteiger charge is 2.06. The van der Waals surface area contributed by atoms with Crippen molar-refractivity contribution in [3.63, 3.8) is 0 Å². The monoisotopic (exact) mass is 229 g/mol. The van der Waals surface area contributed by atoms with Gasteiger partial charge in [0.15, 0.2) is 0 Å². The summed E-state index contributed by atoms with van der Waals surface area (Å²) in [7, 11) is 3.72. The van der Waals surface area contributed by atoms with Crippen LogP contribution in [0.5, 0.6) is 0 Å². The largest absolute Gasteiger partial charge is 0.323 e. The van der Waals surface area contributed by atoms with Gasteiger partial charge in [-0.25, -0.2) is 0 Å². The molecule has 1 aromatic carbocycles. The fourth-order valence-electron chi connectivity index (χ4n) is 1.68. The van der Waals surface area contributed by atoms with E-state index in [-0.39, 0.29) is 5.91 Å². The Bertz CT molecular complexity index is 532. The van der Waals surface area contributed by atoms with Gasteiger partial charge in [-0.15, -0.1) is 0 Å². The molecule has 17 heavy (non-hydrogen) atoms. The molecular weight excluding hydrogens is 214 g/mol. The van der Waals surface area contributed by atoms with Crippen LogP contribution in [0.2, 0.25) is 0 Å². The summed E-state index contributed by atoms with van der Waals surface area (Å²) in [5.41, 5.74) is 1.58. The van der Waals surface area contributed by atoms with Crippen LogP contribution in [0.25, 0.3) is 10.9 Å². The van der Waals surface area contributed by atoms with Crippen LogP contribution in [-0.2, 0) is 4.79 Å². The number of hydrogen-bond acceptors (Lipinski definition) is 3. The highest BCUT2D eigenvalue weighted by molar-refractivity contribution is 6.00. The van der Waals surface area contributed by atoms with E-state index in [1.54, 1.807) is 6.20 Å². The molecule has 1 aromatic heterocycles. The fourth-order valence-corrected chi connectivity index (χ4v) is 1.68. The highest BCUT2D eigenvalue weighted by Crippen LogP contribution is 2.20. The van der Waals surface area contributed by atoms with Gasteiger partial charge in [-0.1, -0.05) is 18.2 Å². The second-order valence-corrected chi connectivity index (χ2v) is 4.17. The van der Waals surface area contributed by atoms with Crippen LogP contribution >= 0.6 is 0 Å². The predicted molar refractivity (Wildman–Crippen MR) is 68.9 cm³/mol. The van der Waals surface area contributed by atoms with Gasteiger partial charge >= 0.3 is 0 Å². The van der Waals surface area contributed by atoms with Crippen LogP contribution in [0.1, 0.15) is 0 Å². The molecule has 1 amide bonds. The lowest BCUT2D eigenvalue weighted by Gasteiger charge is -2.11. The van der Waals surface area contributed by atoms with Crippen molar-refractivity contribution in [1.29, 1.82) is 0 Å². The lowest BCUT2D eigenvalue weighted by atomic mass is 10.2. The number of likely N-dealkylation sites (N-methyl/N-ethyl adjacent to an activating group) is 1. The molecule has 0 aliphatic heterocycles. The number of benzene rings is 1. The standard InChI is InChI=1S/C13H15N3O/c1-16(2)9-12(17)15-11-7-3-5-10-6-4-8-14-13(10)11/h3-8H,9H2,1-2H3,(H,15,17). The Hall–Kier alpha value is -1.94. The van der Waals surface area contributed by atoms with Gasteiger partial charge in [-0.2, -0.15) is 0 Å². The van der Waals surface area contributed by atoms with E-state index in [0.29, 0.717) is 6.54 Å². The third-order valence-electron chi connectivity index (χ3n) is 2.37. The number of para-hydroxylation sites is 1. The third-order valence-corrected chi connectivity index (χ3v) is 2.37. The number of anilines is 1.